The molecule has 0 spiro atoms. The molecule has 0 saturated heterocycles. The van der Waals surface area contributed by atoms with E-state index in [2.05, 4.69) is 20.7 Å². The van der Waals surface area contributed by atoms with Crippen molar-refractivity contribution in [1.82, 2.24) is 9.62 Å². The highest BCUT2D eigenvalue weighted by atomic mass is 79.9. The number of allylic oxidation sites excluding steroid dienone is 1. The minimum Gasteiger partial charge on any atom is -0.396 e. The molecule has 0 aliphatic carbocycles. The molecule has 7 nitrogen and oxygen atoms in total. The molecule has 9 heteroatoms. The van der Waals surface area contributed by atoms with E-state index in [1.54, 1.807) is 6.92 Å². The van der Waals surface area contributed by atoms with Crippen LogP contribution in [0.4, 0.5) is 0 Å². The first-order valence-corrected chi connectivity index (χ1v) is 14.2. The van der Waals surface area contributed by atoms with Crippen LogP contribution in [0.25, 0.3) is 5.57 Å². The van der Waals surface area contributed by atoms with Gasteiger partial charge in [0.1, 0.15) is 0 Å². The zero-order valence-electron chi connectivity index (χ0n) is 20.3. The summed E-state index contributed by atoms with van der Waals surface area (Å²) in [6.45, 7) is 1.96. The maximum absolute atomic E-state index is 13.8. The van der Waals surface area contributed by atoms with Gasteiger partial charge in [-0.25, -0.2) is 13.1 Å². The van der Waals surface area contributed by atoms with Gasteiger partial charge in [-0.3, -0.25) is 14.5 Å². The first kappa shape index (κ1) is 26.9. The molecule has 0 bridgehead atoms. The molecule has 1 heterocycles. The summed E-state index contributed by atoms with van der Waals surface area (Å²) in [5.74, 6) is -0.555. The molecular formula is C28H27BrN2O5S. The smallest absolute Gasteiger partial charge is 0.258 e. The van der Waals surface area contributed by atoms with Gasteiger partial charge >= 0.3 is 0 Å². The molecule has 0 aromatic heterocycles. The zero-order chi connectivity index (χ0) is 26.6. The second kappa shape index (κ2) is 11.5. The summed E-state index contributed by atoms with van der Waals surface area (Å²) in [5, 5.41) is 8.89. The van der Waals surface area contributed by atoms with Crippen LogP contribution in [0.1, 0.15) is 46.8 Å². The van der Waals surface area contributed by atoms with Crippen molar-refractivity contribution in [1.29, 1.82) is 0 Å². The topological polar surface area (TPSA) is 104 Å². The van der Waals surface area contributed by atoms with Gasteiger partial charge in [-0.1, -0.05) is 59.3 Å². The lowest BCUT2D eigenvalue weighted by atomic mass is 9.86. The van der Waals surface area contributed by atoms with E-state index in [4.69, 9.17) is 5.11 Å². The number of carbonyl (C=O) groups excluding carboxylic acids is 2. The normalized spacial score (nSPS) is 13.4. The highest BCUT2D eigenvalue weighted by molar-refractivity contribution is 9.10. The number of fused-ring (bicyclic) bond motifs is 1. The SMILES string of the molecule is CCC(=O)C1=C(c2ccccc2)c2cc(Br)ccc2CN1C(=O)c1ccc(S(=O)(=O)NCCCO)cc1. The van der Waals surface area contributed by atoms with E-state index in [0.29, 0.717) is 17.7 Å². The Bertz CT molecular complexity index is 1450. The Morgan fingerprint density at radius 1 is 1.03 bits per heavy atom. The molecule has 2 N–H and O–H groups in total. The molecule has 4 rings (SSSR count). The zero-order valence-corrected chi connectivity index (χ0v) is 22.7. The summed E-state index contributed by atoms with van der Waals surface area (Å²) in [6.07, 6.45) is 0.516. The van der Waals surface area contributed by atoms with Crippen LogP contribution in [0.15, 0.2) is 87.9 Å². The number of sulfonamides is 1. The number of rotatable bonds is 9. The van der Waals surface area contributed by atoms with Gasteiger partial charge in [0.25, 0.3) is 5.91 Å². The number of hydrogen-bond acceptors (Lipinski definition) is 5. The van der Waals surface area contributed by atoms with Gasteiger partial charge in [0, 0.05) is 35.2 Å². The first-order valence-electron chi connectivity index (χ1n) is 11.9. The summed E-state index contributed by atoms with van der Waals surface area (Å²) in [7, 11) is -3.77. The number of aliphatic hydroxyl groups excluding tert-OH is 1. The largest absolute Gasteiger partial charge is 0.396 e. The van der Waals surface area contributed by atoms with Gasteiger partial charge < -0.3 is 5.11 Å². The number of ketones is 1. The lowest BCUT2D eigenvalue weighted by Crippen LogP contribution is -2.37. The third-order valence-corrected chi connectivity index (χ3v) is 8.08. The Kier molecular flexibility index (Phi) is 8.39. The highest BCUT2D eigenvalue weighted by Gasteiger charge is 2.33. The number of Topliss-reactive ketones (excluding diaryl/α,β-unsaturated/α-hetero) is 1. The maximum atomic E-state index is 13.8. The molecule has 3 aromatic carbocycles. The lowest BCUT2D eigenvalue weighted by molar-refractivity contribution is -0.116. The molecule has 192 valence electrons. The van der Waals surface area contributed by atoms with E-state index >= 15 is 0 Å². The van der Waals surface area contributed by atoms with E-state index in [9.17, 15) is 18.0 Å². The number of hydrogen-bond donors (Lipinski definition) is 2. The molecule has 0 unspecified atom stereocenters. The molecule has 3 aromatic rings. The van der Waals surface area contributed by atoms with Gasteiger partial charge in [0.2, 0.25) is 10.0 Å². The third-order valence-electron chi connectivity index (χ3n) is 6.11. The van der Waals surface area contributed by atoms with E-state index in [1.165, 1.54) is 29.2 Å². The Balaban J connectivity index is 1.78. The number of nitrogens with one attached hydrogen (secondary N) is 1. The van der Waals surface area contributed by atoms with Gasteiger partial charge in [0.15, 0.2) is 5.78 Å². The van der Waals surface area contributed by atoms with Crippen LogP contribution in [0.3, 0.4) is 0 Å². The molecule has 37 heavy (non-hydrogen) atoms. The summed E-state index contributed by atoms with van der Waals surface area (Å²) in [4.78, 5) is 28.6. The van der Waals surface area contributed by atoms with Crippen LogP contribution < -0.4 is 4.72 Å². The molecule has 0 radical (unpaired) electrons. The van der Waals surface area contributed by atoms with Crippen molar-refractivity contribution in [3.63, 3.8) is 0 Å². The Hall–Kier alpha value is -3.11. The Labute approximate surface area is 225 Å². The van der Waals surface area contributed by atoms with Gasteiger partial charge in [-0.2, -0.15) is 0 Å². The summed E-state index contributed by atoms with van der Waals surface area (Å²) >= 11 is 3.53. The fourth-order valence-corrected chi connectivity index (χ4v) is 5.70. The molecule has 0 fully saturated rings. The average molecular weight is 584 g/mol. The van der Waals surface area contributed by atoms with Crippen molar-refractivity contribution in [2.75, 3.05) is 13.2 Å². The minimum absolute atomic E-state index is 0.0150. The fourth-order valence-electron chi connectivity index (χ4n) is 4.26. The summed E-state index contributed by atoms with van der Waals surface area (Å²) < 4.78 is 28.3. The van der Waals surface area contributed by atoms with Crippen LogP contribution in [0, 0.1) is 0 Å². The van der Waals surface area contributed by atoms with Crippen molar-refractivity contribution in [2.24, 2.45) is 0 Å². The van der Waals surface area contributed by atoms with Gasteiger partial charge in [-0.05, 0) is 59.5 Å². The summed E-state index contributed by atoms with van der Waals surface area (Å²) in [6, 6.07) is 21.0. The average Bonchev–Trinajstić information content (AvgIpc) is 2.91. The quantitative estimate of drug-likeness (QED) is 0.361. The molecule has 1 amide bonds. The van der Waals surface area contributed by atoms with Crippen molar-refractivity contribution < 1.29 is 23.1 Å². The van der Waals surface area contributed by atoms with Crippen LogP contribution in [-0.2, 0) is 21.4 Å². The molecule has 0 atom stereocenters. The standard InChI is InChI=1S/C28H27BrN2O5S/c1-2-25(33)27-26(19-7-4-3-5-8-19)24-17-22(29)12-9-21(24)18-31(27)28(34)20-10-13-23(14-11-20)37(35,36)30-15-6-16-32/h3-5,7-14,17,30,32H,2,6,15-16,18H2,1H3. The van der Waals surface area contributed by atoms with Crippen molar-refractivity contribution in [2.45, 2.75) is 31.2 Å². The van der Waals surface area contributed by atoms with Crippen LogP contribution >= 0.6 is 15.9 Å². The van der Waals surface area contributed by atoms with E-state index in [-0.39, 0.29) is 42.4 Å². The van der Waals surface area contributed by atoms with Crippen LogP contribution in [0.5, 0.6) is 0 Å². The van der Waals surface area contributed by atoms with Crippen LogP contribution in [0.2, 0.25) is 0 Å². The van der Waals surface area contributed by atoms with E-state index in [1.807, 2.05) is 48.5 Å². The van der Waals surface area contributed by atoms with E-state index in [0.717, 1.165) is 21.2 Å². The van der Waals surface area contributed by atoms with E-state index < -0.39 is 15.9 Å². The predicted molar refractivity (Wildman–Crippen MR) is 145 cm³/mol. The molecule has 0 saturated carbocycles. The Morgan fingerprint density at radius 2 is 1.73 bits per heavy atom. The highest BCUT2D eigenvalue weighted by Crippen LogP contribution is 2.39. The molecule has 1 aliphatic heterocycles. The predicted octanol–water partition coefficient (Wildman–Crippen LogP) is 4.50. The van der Waals surface area contributed by atoms with Crippen molar-refractivity contribution in [3.8, 4) is 0 Å². The van der Waals surface area contributed by atoms with Crippen molar-refractivity contribution in [3.05, 3.63) is 105 Å². The fraction of sp³-hybridized carbons (Fsp3) is 0.214. The van der Waals surface area contributed by atoms with Gasteiger partial charge in [0.05, 0.1) is 17.1 Å². The lowest BCUT2D eigenvalue weighted by Gasteiger charge is -2.33. The second-order valence-corrected chi connectivity index (χ2v) is 11.2. The number of carbonyl (C=O) groups is 2. The number of benzene rings is 3. The van der Waals surface area contributed by atoms with Crippen LogP contribution in [-0.4, -0.2) is 43.3 Å². The third kappa shape index (κ3) is 5.75. The van der Waals surface area contributed by atoms with Gasteiger partial charge in [-0.15, -0.1) is 0 Å². The number of amides is 1. The first-order chi connectivity index (χ1) is 17.8. The van der Waals surface area contributed by atoms with Crippen molar-refractivity contribution >= 4 is 43.2 Å². The Morgan fingerprint density at radius 3 is 2.38 bits per heavy atom. The molecule has 1 aliphatic rings. The number of aliphatic hydroxyl groups is 1. The minimum atomic E-state index is -3.77. The maximum Gasteiger partial charge on any atom is 0.258 e. The number of halogens is 1. The number of nitrogens with zero attached hydrogens (tertiary/aromatic N) is 1. The summed E-state index contributed by atoms with van der Waals surface area (Å²) in [5.41, 5.74) is 3.89. The molecular weight excluding hydrogens is 556 g/mol. The monoisotopic (exact) mass is 582 g/mol. The second-order valence-electron chi connectivity index (χ2n) is 8.56.